The van der Waals surface area contributed by atoms with Crippen molar-refractivity contribution in [3.05, 3.63) is 36.5 Å². The average molecular weight is 843 g/mol. The van der Waals surface area contributed by atoms with Crippen molar-refractivity contribution in [1.29, 1.82) is 0 Å². The van der Waals surface area contributed by atoms with Crippen LogP contribution in [0, 0.1) is 0 Å². The van der Waals surface area contributed by atoms with Crippen LogP contribution in [-0.2, 0) is 28.6 Å². The van der Waals surface area contributed by atoms with Gasteiger partial charge < -0.3 is 14.2 Å². The zero-order valence-electron chi connectivity index (χ0n) is 40.0. The van der Waals surface area contributed by atoms with Crippen molar-refractivity contribution in [3.8, 4) is 0 Å². The predicted octanol–water partition coefficient (Wildman–Crippen LogP) is 16.9. The minimum atomic E-state index is -0.774. The second-order valence-electron chi connectivity index (χ2n) is 17.4. The molecule has 60 heavy (non-hydrogen) atoms. The fourth-order valence-corrected chi connectivity index (χ4v) is 7.52. The molecule has 350 valence electrons. The molecule has 6 heteroatoms. The number of rotatable bonds is 47. The molecule has 1 atom stereocenters. The zero-order valence-corrected chi connectivity index (χ0v) is 40.0. The second-order valence-corrected chi connectivity index (χ2v) is 17.4. The van der Waals surface area contributed by atoms with Gasteiger partial charge in [0.25, 0.3) is 0 Å². The van der Waals surface area contributed by atoms with E-state index < -0.39 is 6.10 Å². The van der Waals surface area contributed by atoms with Gasteiger partial charge in [0.1, 0.15) is 13.2 Å². The van der Waals surface area contributed by atoms with Crippen LogP contribution in [0.25, 0.3) is 0 Å². The first-order chi connectivity index (χ1) is 29.5. The summed E-state index contributed by atoms with van der Waals surface area (Å²) in [7, 11) is 0. The molecular weight excluding hydrogens is 745 g/mol. The normalized spacial score (nSPS) is 12.2. The van der Waals surface area contributed by atoms with E-state index >= 15 is 0 Å². The highest BCUT2D eigenvalue weighted by atomic mass is 16.6. The van der Waals surface area contributed by atoms with Gasteiger partial charge in [0.05, 0.1) is 0 Å². The molecule has 0 spiro atoms. The summed E-state index contributed by atoms with van der Waals surface area (Å²) in [6.45, 7) is 6.50. The van der Waals surface area contributed by atoms with Gasteiger partial charge in [-0.25, -0.2) is 0 Å². The van der Waals surface area contributed by atoms with Crippen molar-refractivity contribution >= 4 is 17.9 Å². The lowest BCUT2D eigenvalue weighted by molar-refractivity contribution is -0.167. The lowest BCUT2D eigenvalue weighted by Crippen LogP contribution is -2.30. The molecule has 0 amide bonds. The van der Waals surface area contributed by atoms with Crippen molar-refractivity contribution in [2.45, 2.75) is 277 Å². The molecule has 0 aromatic heterocycles. The lowest BCUT2D eigenvalue weighted by Gasteiger charge is -2.18. The molecule has 0 rings (SSSR count). The molecule has 0 aliphatic carbocycles. The zero-order chi connectivity index (χ0) is 43.7. The number of ether oxygens (including phenoxy) is 3. The maximum absolute atomic E-state index is 12.7. The van der Waals surface area contributed by atoms with Gasteiger partial charge in [0.15, 0.2) is 6.10 Å². The predicted molar refractivity (Wildman–Crippen MR) is 256 cm³/mol. The molecule has 0 heterocycles. The standard InChI is InChI=1S/C54H98O6/c1-4-7-10-13-16-18-20-22-24-25-26-27-28-30-31-33-35-38-41-44-47-53(56)59-50-51(49-58-52(55)46-43-40-37-15-12-9-6-3)60-54(57)48-45-42-39-36-34-32-29-23-21-19-17-14-11-8-5-2/h8,11,17,19,23,29,51H,4-7,9-10,12-16,18,20-22,24-28,30-50H2,1-3H3/b11-8-,19-17-,29-23-. The summed E-state index contributed by atoms with van der Waals surface area (Å²) < 4.78 is 16.7. The molecule has 0 aromatic carbocycles. The van der Waals surface area contributed by atoms with E-state index in [2.05, 4.69) is 57.2 Å². The number of carbonyl (C=O) groups is 3. The third-order valence-corrected chi connectivity index (χ3v) is 11.4. The molecule has 0 aromatic rings. The third kappa shape index (κ3) is 46.7. The quantitative estimate of drug-likeness (QED) is 0.0263. The highest BCUT2D eigenvalue weighted by Gasteiger charge is 2.19. The highest BCUT2D eigenvalue weighted by molar-refractivity contribution is 5.71. The maximum atomic E-state index is 12.7. The molecule has 0 radical (unpaired) electrons. The van der Waals surface area contributed by atoms with E-state index in [1.54, 1.807) is 0 Å². The first-order valence-electron chi connectivity index (χ1n) is 26.0. The number of hydrogen-bond acceptors (Lipinski definition) is 6. The second kappa shape index (κ2) is 49.3. The molecular formula is C54H98O6. The topological polar surface area (TPSA) is 78.9 Å². The molecule has 1 unspecified atom stereocenters. The van der Waals surface area contributed by atoms with Crippen LogP contribution in [0.15, 0.2) is 36.5 Å². The van der Waals surface area contributed by atoms with Crippen molar-refractivity contribution in [2.75, 3.05) is 13.2 Å². The Bertz CT molecular complexity index is 1020. The van der Waals surface area contributed by atoms with Gasteiger partial charge in [-0.1, -0.05) is 237 Å². The van der Waals surface area contributed by atoms with Gasteiger partial charge in [0, 0.05) is 19.3 Å². The van der Waals surface area contributed by atoms with Crippen LogP contribution in [0.3, 0.4) is 0 Å². The Hall–Kier alpha value is -2.37. The molecule has 0 aliphatic rings. The summed E-state index contributed by atoms with van der Waals surface area (Å²) in [5.74, 6) is -0.889. The third-order valence-electron chi connectivity index (χ3n) is 11.4. The van der Waals surface area contributed by atoms with E-state index in [1.165, 1.54) is 135 Å². The van der Waals surface area contributed by atoms with Crippen molar-refractivity contribution in [2.24, 2.45) is 0 Å². The van der Waals surface area contributed by atoms with Crippen LogP contribution in [0.2, 0.25) is 0 Å². The molecule has 6 nitrogen and oxygen atoms in total. The van der Waals surface area contributed by atoms with Crippen molar-refractivity contribution in [3.63, 3.8) is 0 Å². The van der Waals surface area contributed by atoms with Gasteiger partial charge in [-0.05, 0) is 51.4 Å². The number of unbranched alkanes of at least 4 members (excludes halogenated alkanes) is 30. The molecule has 0 aliphatic heterocycles. The number of esters is 3. The van der Waals surface area contributed by atoms with E-state index in [4.69, 9.17) is 14.2 Å². The van der Waals surface area contributed by atoms with Crippen LogP contribution in [0.5, 0.6) is 0 Å². The summed E-state index contributed by atoms with van der Waals surface area (Å²) >= 11 is 0. The molecule has 0 bridgehead atoms. The van der Waals surface area contributed by atoms with Gasteiger partial charge in [-0.15, -0.1) is 0 Å². The Labute approximate surface area is 372 Å². The number of allylic oxidation sites excluding steroid dienone is 6. The van der Waals surface area contributed by atoms with E-state index in [1.807, 2.05) is 0 Å². The lowest BCUT2D eigenvalue weighted by atomic mass is 10.0. The molecule has 0 saturated heterocycles. The van der Waals surface area contributed by atoms with Crippen molar-refractivity contribution in [1.82, 2.24) is 0 Å². The fraction of sp³-hybridized carbons (Fsp3) is 0.833. The van der Waals surface area contributed by atoms with Gasteiger partial charge in [-0.3, -0.25) is 14.4 Å². The highest BCUT2D eigenvalue weighted by Crippen LogP contribution is 2.16. The van der Waals surface area contributed by atoms with Crippen LogP contribution >= 0.6 is 0 Å². The molecule has 0 N–H and O–H groups in total. The number of hydrogen-bond donors (Lipinski definition) is 0. The van der Waals surface area contributed by atoms with Gasteiger partial charge >= 0.3 is 17.9 Å². The van der Waals surface area contributed by atoms with Crippen LogP contribution in [0.1, 0.15) is 271 Å². The first-order valence-corrected chi connectivity index (χ1v) is 26.0. The monoisotopic (exact) mass is 843 g/mol. The largest absolute Gasteiger partial charge is 0.462 e. The average Bonchev–Trinajstić information content (AvgIpc) is 3.24. The summed E-state index contributed by atoms with van der Waals surface area (Å²) in [5.41, 5.74) is 0. The van der Waals surface area contributed by atoms with Gasteiger partial charge in [0.2, 0.25) is 0 Å². The Morgan fingerprint density at radius 2 is 0.650 bits per heavy atom. The Morgan fingerprint density at radius 1 is 0.350 bits per heavy atom. The Kier molecular flexibility index (Phi) is 47.3. The minimum Gasteiger partial charge on any atom is -0.462 e. The summed E-state index contributed by atoms with van der Waals surface area (Å²) in [6.07, 6.45) is 57.2. The fourth-order valence-electron chi connectivity index (χ4n) is 7.52. The van der Waals surface area contributed by atoms with Crippen LogP contribution in [0.4, 0.5) is 0 Å². The number of carbonyl (C=O) groups excluding carboxylic acids is 3. The first kappa shape index (κ1) is 57.6. The SMILES string of the molecule is CC/C=C\C/C=C\C/C=C\CCCCCCCC(=O)OC(COC(=O)CCCCCCCCC)COC(=O)CCCCCCCCCCCCCCCCCCCCCC. The Morgan fingerprint density at radius 3 is 1.02 bits per heavy atom. The molecule has 0 fully saturated rings. The van der Waals surface area contributed by atoms with Crippen molar-refractivity contribution < 1.29 is 28.6 Å². The summed E-state index contributed by atoms with van der Waals surface area (Å²) in [6, 6.07) is 0. The van der Waals surface area contributed by atoms with E-state index in [0.29, 0.717) is 19.3 Å². The maximum Gasteiger partial charge on any atom is 0.306 e. The van der Waals surface area contributed by atoms with Crippen LogP contribution < -0.4 is 0 Å². The Balaban J connectivity index is 4.20. The summed E-state index contributed by atoms with van der Waals surface area (Å²) in [4.78, 5) is 37.8. The summed E-state index contributed by atoms with van der Waals surface area (Å²) in [5, 5.41) is 0. The molecule has 0 saturated carbocycles. The smallest absolute Gasteiger partial charge is 0.306 e. The van der Waals surface area contributed by atoms with Crippen LogP contribution in [-0.4, -0.2) is 37.2 Å². The minimum absolute atomic E-state index is 0.0757. The van der Waals surface area contributed by atoms with E-state index in [9.17, 15) is 14.4 Å². The van der Waals surface area contributed by atoms with Gasteiger partial charge in [-0.2, -0.15) is 0 Å². The van der Waals surface area contributed by atoms with E-state index in [0.717, 1.165) is 96.3 Å². The van der Waals surface area contributed by atoms with E-state index in [-0.39, 0.29) is 31.1 Å².